The number of barbiturate groups is 1. The maximum Gasteiger partial charge on any atom is 0.343 e. The van der Waals surface area contributed by atoms with Crippen molar-refractivity contribution >= 4 is 46.1 Å². The number of amides is 4. The van der Waals surface area contributed by atoms with Gasteiger partial charge in [0, 0.05) is 5.39 Å². The summed E-state index contributed by atoms with van der Waals surface area (Å²) in [6.45, 7) is 4.24. The molecule has 0 N–H and O–H groups in total. The molecule has 1 saturated heterocycles. The Bertz CT molecular complexity index is 1580. The van der Waals surface area contributed by atoms with Crippen LogP contribution in [-0.4, -0.2) is 31.6 Å². The van der Waals surface area contributed by atoms with Gasteiger partial charge in [-0.1, -0.05) is 60.2 Å². The van der Waals surface area contributed by atoms with Crippen LogP contribution < -0.4 is 19.3 Å². The van der Waals surface area contributed by atoms with E-state index >= 15 is 0 Å². The van der Waals surface area contributed by atoms with Crippen LogP contribution in [0.25, 0.3) is 16.8 Å². The van der Waals surface area contributed by atoms with Crippen molar-refractivity contribution in [3.63, 3.8) is 0 Å². The number of benzene rings is 4. The molecule has 1 aliphatic heterocycles. The minimum Gasteiger partial charge on any atom is -0.493 e. The lowest BCUT2D eigenvalue weighted by Crippen LogP contribution is -2.57. The molecule has 0 unspecified atom stereocenters. The minimum absolute atomic E-state index is 0.149. The molecule has 38 heavy (non-hydrogen) atoms. The zero-order valence-corrected chi connectivity index (χ0v) is 21.3. The number of carbonyl (C=O) groups excluding carboxylic acids is 3. The zero-order valence-electron chi connectivity index (χ0n) is 21.3. The van der Waals surface area contributed by atoms with Crippen molar-refractivity contribution in [1.29, 1.82) is 0 Å². The maximum atomic E-state index is 13.9. The van der Waals surface area contributed by atoms with E-state index in [4.69, 9.17) is 9.47 Å². The van der Waals surface area contributed by atoms with Crippen LogP contribution in [0.5, 0.6) is 11.5 Å². The van der Waals surface area contributed by atoms with E-state index < -0.39 is 17.8 Å². The second kappa shape index (κ2) is 10.2. The van der Waals surface area contributed by atoms with Crippen molar-refractivity contribution in [2.24, 2.45) is 0 Å². The molecule has 7 nitrogen and oxygen atoms in total. The summed E-state index contributed by atoms with van der Waals surface area (Å²) in [5, 5.41) is 1.59. The number of rotatable bonds is 6. The third-order valence-electron chi connectivity index (χ3n) is 6.35. The van der Waals surface area contributed by atoms with E-state index in [1.54, 1.807) is 42.5 Å². The minimum atomic E-state index is -0.735. The van der Waals surface area contributed by atoms with Crippen molar-refractivity contribution < 1.29 is 23.9 Å². The Labute approximate surface area is 220 Å². The topological polar surface area (TPSA) is 76.2 Å². The van der Waals surface area contributed by atoms with E-state index in [0.717, 1.165) is 26.1 Å². The Morgan fingerprint density at radius 2 is 1.50 bits per heavy atom. The number of fused-ring (bicyclic) bond motifs is 1. The smallest absolute Gasteiger partial charge is 0.343 e. The van der Waals surface area contributed by atoms with Crippen LogP contribution in [-0.2, 0) is 9.59 Å². The van der Waals surface area contributed by atoms with E-state index in [2.05, 4.69) is 0 Å². The monoisotopic (exact) mass is 506 g/mol. The summed E-state index contributed by atoms with van der Waals surface area (Å²) in [7, 11) is 1.52. The number of anilines is 2. The zero-order chi connectivity index (χ0) is 26.8. The van der Waals surface area contributed by atoms with Gasteiger partial charge in [0.25, 0.3) is 11.8 Å². The Kier molecular flexibility index (Phi) is 6.66. The predicted molar refractivity (Wildman–Crippen MR) is 148 cm³/mol. The van der Waals surface area contributed by atoms with Gasteiger partial charge in [0.15, 0.2) is 11.5 Å². The molecule has 1 heterocycles. The Balaban J connectivity index is 1.68. The molecule has 4 aromatic rings. The molecule has 0 saturated carbocycles. The van der Waals surface area contributed by atoms with E-state index in [1.807, 2.05) is 56.3 Å². The second-order valence-electron chi connectivity index (χ2n) is 8.80. The van der Waals surface area contributed by atoms with Crippen LogP contribution >= 0.6 is 0 Å². The van der Waals surface area contributed by atoms with Crippen LogP contribution in [0.4, 0.5) is 16.2 Å². The lowest BCUT2D eigenvalue weighted by Gasteiger charge is -2.34. The van der Waals surface area contributed by atoms with Gasteiger partial charge in [0.05, 0.1) is 25.1 Å². The summed E-state index contributed by atoms with van der Waals surface area (Å²) in [5.74, 6) is -0.387. The number of ether oxygens (including phenoxy) is 2. The SMILES string of the molecule is CCOc1ccc(/C=C2\C(=O)N(c3ccc(C)cc3)C(=O)N(c3cccc4ccccc34)C2=O)cc1OC. The molecular formula is C31H26N2O5. The van der Waals surface area contributed by atoms with Gasteiger partial charge in [-0.2, -0.15) is 0 Å². The average molecular weight is 507 g/mol. The first-order chi connectivity index (χ1) is 18.4. The summed E-state index contributed by atoms with van der Waals surface area (Å²) in [6, 6.07) is 24.3. The largest absolute Gasteiger partial charge is 0.493 e. The predicted octanol–water partition coefficient (Wildman–Crippen LogP) is 6.14. The van der Waals surface area contributed by atoms with Gasteiger partial charge in [-0.05, 0) is 61.2 Å². The molecule has 5 rings (SSSR count). The van der Waals surface area contributed by atoms with E-state index in [0.29, 0.717) is 35.0 Å². The van der Waals surface area contributed by atoms with Crippen LogP contribution in [0.3, 0.4) is 0 Å². The fraction of sp³-hybridized carbons (Fsp3) is 0.129. The van der Waals surface area contributed by atoms with Crippen molar-refractivity contribution in [1.82, 2.24) is 0 Å². The molecule has 0 bridgehead atoms. The first kappa shape index (κ1) is 24.8. The lowest BCUT2D eigenvalue weighted by atomic mass is 10.0. The normalized spacial score (nSPS) is 14.9. The number of hydrogen-bond donors (Lipinski definition) is 0. The van der Waals surface area contributed by atoms with Crippen molar-refractivity contribution in [3.8, 4) is 11.5 Å². The highest BCUT2D eigenvalue weighted by molar-refractivity contribution is 6.46. The lowest BCUT2D eigenvalue weighted by molar-refractivity contribution is -0.121. The molecule has 4 aromatic carbocycles. The summed E-state index contributed by atoms with van der Waals surface area (Å²) in [6.07, 6.45) is 1.48. The first-order valence-electron chi connectivity index (χ1n) is 12.2. The van der Waals surface area contributed by atoms with Crippen LogP contribution in [0.2, 0.25) is 0 Å². The standard InChI is InChI=1S/C31H26N2O5/c1-4-38-27-17-14-21(19-28(27)37-3)18-25-29(34)32(23-15-12-20(2)13-16-23)31(36)33(30(25)35)26-11-7-9-22-8-5-6-10-24(22)26/h5-19H,4H2,1-3H3/b25-18+. The summed E-state index contributed by atoms with van der Waals surface area (Å²) >= 11 is 0. The molecule has 0 atom stereocenters. The highest BCUT2D eigenvalue weighted by Crippen LogP contribution is 2.35. The van der Waals surface area contributed by atoms with Crippen LogP contribution in [0.1, 0.15) is 18.1 Å². The van der Waals surface area contributed by atoms with Crippen molar-refractivity contribution in [3.05, 3.63) is 102 Å². The number of methoxy groups -OCH3 is 1. The highest BCUT2D eigenvalue weighted by Gasteiger charge is 2.44. The fourth-order valence-corrected chi connectivity index (χ4v) is 4.48. The molecular weight excluding hydrogens is 480 g/mol. The summed E-state index contributed by atoms with van der Waals surface area (Å²) < 4.78 is 11.0. The first-order valence-corrected chi connectivity index (χ1v) is 12.2. The Hall–Kier alpha value is -4.91. The van der Waals surface area contributed by atoms with Gasteiger partial charge >= 0.3 is 6.03 Å². The van der Waals surface area contributed by atoms with Gasteiger partial charge in [-0.15, -0.1) is 0 Å². The van der Waals surface area contributed by atoms with Gasteiger partial charge in [0.1, 0.15) is 5.57 Å². The molecule has 1 fully saturated rings. The number of urea groups is 1. The summed E-state index contributed by atoms with van der Waals surface area (Å²) in [5.41, 5.74) is 2.16. The highest BCUT2D eigenvalue weighted by atomic mass is 16.5. The Morgan fingerprint density at radius 3 is 2.24 bits per heavy atom. The molecule has 4 amide bonds. The van der Waals surface area contributed by atoms with Crippen LogP contribution in [0.15, 0.2) is 90.5 Å². The van der Waals surface area contributed by atoms with Crippen molar-refractivity contribution in [2.75, 3.05) is 23.5 Å². The maximum absolute atomic E-state index is 13.9. The fourth-order valence-electron chi connectivity index (χ4n) is 4.48. The second-order valence-corrected chi connectivity index (χ2v) is 8.80. The molecule has 0 spiro atoms. The summed E-state index contributed by atoms with van der Waals surface area (Å²) in [4.78, 5) is 43.6. The number of nitrogens with zero attached hydrogens (tertiary/aromatic N) is 2. The van der Waals surface area contributed by atoms with E-state index in [1.165, 1.54) is 13.2 Å². The van der Waals surface area contributed by atoms with Gasteiger partial charge in [0.2, 0.25) is 0 Å². The number of imide groups is 2. The molecule has 0 aromatic heterocycles. The molecule has 0 radical (unpaired) electrons. The van der Waals surface area contributed by atoms with E-state index in [-0.39, 0.29) is 5.57 Å². The average Bonchev–Trinajstić information content (AvgIpc) is 2.93. The molecule has 190 valence electrons. The molecule has 7 heteroatoms. The van der Waals surface area contributed by atoms with Gasteiger partial charge < -0.3 is 9.47 Å². The van der Waals surface area contributed by atoms with Crippen LogP contribution in [0, 0.1) is 6.92 Å². The van der Waals surface area contributed by atoms with E-state index in [9.17, 15) is 14.4 Å². The third kappa shape index (κ3) is 4.39. The quantitative estimate of drug-likeness (QED) is 0.232. The molecule has 0 aliphatic carbocycles. The number of hydrogen-bond acceptors (Lipinski definition) is 5. The molecule has 1 aliphatic rings. The third-order valence-corrected chi connectivity index (χ3v) is 6.35. The van der Waals surface area contributed by atoms with Gasteiger partial charge in [-0.25, -0.2) is 14.6 Å². The van der Waals surface area contributed by atoms with Crippen molar-refractivity contribution in [2.45, 2.75) is 13.8 Å². The number of aryl methyl sites for hydroxylation is 1. The number of carbonyl (C=O) groups is 3. The van der Waals surface area contributed by atoms with Gasteiger partial charge in [-0.3, -0.25) is 9.59 Å². The Morgan fingerprint density at radius 1 is 0.789 bits per heavy atom.